The maximum atomic E-state index is 11.9. The average molecular weight is 331 g/mol. The van der Waals surface area contributed by atoms with Crippen LogP contribution < -0.4 is 10.2 Å². The maximum Gasteiger partial charge on any atom is 0.252 e. The number of rotatable bonds is 4. The van der Waals surface area contributed by atoms with E-state index >= 15 is 0 Å². The molecule has 1 aliphatic heterocycles. The summed E-state index contributed by atoms with van der Waals surface area (Å²) >= 11 is 1.52. The van der Waals surface area contributed by atoms with E-state index in [1.807, 2.05) is 35.2 Å². The lowest BCUT2D eigenvalue weighted by atomic mass is 10.2. The third kappa shape index (κ3) is 4.09. The normalized spacial score (nSPS) is 21.2. The number of ether oxygens (including phenoxy) is 1. The van der Waals surface area contributed by atoms with E-state index in [2.05, 4.69) is 29.0 Å². The first-order valence-electron chi connectivity index (χ1n) is 7.77. The topological polar surface area (TPSA) is 54.5 Å². The van der Waals surface area contributed by atoms with Crippen molar-refractivity contribution in [3.8, 4) is 0 Å². The van der Waals surface area contributed by atoms with Crippen LogP contribution in [0.25, 0.3) is 0 Å². The summed E-state index contributed by atoms with van der Waals surface area (Å²) in [5.41, 5.74) is 1.70. The van der Waals surface area contributed by atoms with Crippen molar-refractivity contribution in [1.29, 1.82) is 0 Å². The summed E-state index contributed by atoms with van der Waals surface area (Å²) in [5, 5.41) is 6.65. The van der Waals surface area contributed by atoms with Crippen molar-refractivity contribution in [3.05, 3.63) is 46.3 Å². The second-order valence-electron chi connectivity index (χ2n) is 5.88. The predicted octanol–water partition coefficient (Wildman–Crippen LogP) is 2.69. The molecule has 2 aromatic rings. The molecule has 122 valence electrons. The summed E-state index contributed by atoms with van der Waals surface area (Å²) in [6, 6.07) is 5.85. The van der Waals surface area contributed by atoms with Gasteiger partial charge in [0.05, 0.1) is 12.2 Å². The molecule has 23 heavy (non-hydrogen) atoms. The van der Waals surface area contributed by atoms with Crippen LogP contribution >= 0.6 is 11.3 Å². The number of morpholine rings is 1. The number of nitrogens with one attached hydrogen (secondary N) is 1. The summed E-state index contributed by atoms with van der Waals surface area (Å²) in [6.07, 6.45) is 2.25. The Morgan fingerprint density at radius 3 is 2.74 bits per heavy atom. The average Bonchev–Trinajstić information content (AvgIpc) is 3.07. The molecular weight excluding hydrogens is 310 g/mol. The van der Waals surface area contributed by atoms with Gasteiger partial charge in [0, 0.05) is 36.8 Å². The molecule has 6 heteroatoms. The SMILES string of the molecule is CC1CN(c2ccc(CNC(=O)c3ccsc3)cn2)CC(C)O1. The van der Waals surface area contributed by atoms with Gasteiger partial charge in [-0.2, -0.15) is 11.3 Å². The molecule has 1 fully saturated rings. The first-order valence-corrected chi connectivity index (χ1v) is 8.72. The third-order valence-electron chi connectivity index (χ3n) is 3.79. The quantitative estimate of drug-likeness (QED) is 0.936. The largest absolute Gasteiger partial charge is 0.372 e. The number of aromatic nitrogens is 1. The van der Waals surface area contributed by atoms with Crippen molar-refractivity contribution in [1.82, 2.24) is 10.3 Å². The lowest BCUT2D eigenvalue weighted by molar-refractivity contribution is -0.00546. The second kappa shape index (κ2) is 7.10. The van der Waals surface area contributed by atoms with Crippen LogP contribution in [0, 0.1) is 0 Å². The zero-order valence-electron chi connectivity index (χ0n) is 13.4. The van der Waals surface area contributed by atoms with Crippen LogP contribution in [0.15, 0.2) is 35.2 Å². The second-order valence-corrected chi connectivity index (χ2v) is 6.66. The van der Waals surface area contributed by atoms with E-state index in [-0.39, 0.29) is 18.1 Å². The molecule has 2 aromatic heterocycles. The lowest BCUT2D eigenvalue weighted by Gasteiger charge is -2.36. The molecule has 2 atom stereocenters. The van der Waals surface area contributed by atoms with E-state index in [4.69, 9.17) is 4.74 Å². The summed E-state index contributed by atoms with van der Waals surface area (Å²) in [6.45, 7) is 6.35. The highest BCUT2D eigenvalue weighted by molar-refractivity contribution is 7.08. The van der Waals surface area contributed by atoms with E-state index in [0.29, 0.717) is 12.1 Å². The van der Waals surface area contributed by atoms with Gasteiger partial charge < -0.3 is 15.0 Å². The Morgan fingerprint density at radius 1 is 1.35 bits per heavy atom. The molecule has 0 aliphatic carbocycles. The Labute approximate surface area is 140 Å². The summed E-state index contributed by atoms with van der Waals surface area (Å²) < 4.78 is 5.75. The van der Waals surface area contributed by atoms with Crippen molar-refractivity contribution in [2.45, 2.75) is 32.6 Å². The number of nitrogens with zero attached hydrogens (tertiary/aromatic N) is 2. The Balaban J connectivity index is 1.58. The van der Waals surface area contributed by atoms with Crippen molar-refractivity contribution < 1.29 is 9.53 Å². The summed E-state index contributed by atoms with van der Waals surface area (Å²) in [4.78, 5) is 18.7. The summed E-state index contributed by atoms with van der Waals surface area (Å²) in [5.74, 6) is 0.908. The smallest absolute Gasteiger partial charge is 0.252 e. The van der Waals surface area contributed by atoms with Gasteiger partial charge in [0.2, 0.25) is 0 Å². The fourth-order valence-corrected chi connectivity index (χ4v) is 3.39. The van der Waals surface area contributed by atoms with Gasteiger partial charge >= 0.3 is 0 Å². The number of pyridine rings is 1. The fraction of sp³-hybridized carbons (Fsp3) is 0.412. The standard InChI is InChI=1S/C17H21N3O2S/c1-12-9-20(10-13(2)22-12)16-4-3-14(7-18-16)8-19-17(21)15-5-6-23-11-15/h3-7,11-13H,8-10H2,1-2H3,(H,19,21). The van der Waals surface area contributed by atoms with Gasteiger partial charge in [-0.3, -0.25) is 4.79 Å². The molecule has 1 amide bonds. The number of carbonyl (C=O) groups is 1. The number of hydrogen-bond donors (Lipinski definition) is 1. The van der Waals surface area contributed by atoms with Gasteiger partial charge in [0.1, 0.15) is 5.82 Å². The molecule has 0 radical (unpaired) electrons. The fourth-order valence-electron chi connectivity index (χ4n) is 2.75. The van der Waals surface area contributed by atoms with Crippen LogP contribution in [-0.4, -0.2) is 36.2 Å². The summed E-state index contributed by atoms with van der Waals surface area (Å²) in [7, 11) is 0. The Kier molecular flexibility index (Phi) is 4.93. The predicted molar refractivity (Wildman–Crippen MR) is 91.9 cm³/mol. The Bertz CT molecular complexity index is 632. The number of amides is 1. The number of anilines is 1. The molecule has 5 nitrogen and oxygen atoms in total. The molecule has 3 heterocycles. The van der Waals surface area contributed by atoms with Gasteiger partial charge in [0.25, 0.3) is 5.91 Å². The number of hydrogen-bond acceptors (Lipinski definition) is 5. The number of carbonyl (C=O) groups excluding carboxylic acids is 1. The molecule has 0 aromatic carbocycles. The molecule has 1 N–H and O–H groups in total. The Hall–Kier alpha value is -1.92. The molecule has 3 rings (SSSR count). The Morgan fingerprint density at radius 2 is 2.13 bits per heavy atom. The molecule has 2 unspecified atom stereocenters. The zero-order valence-corrected chi connectivity index (χ0v) is 14.2. The van der Waals surface area contributed by atoms with Crippen molar-refractivity contribution >= 4 is 23.1 Å². The van der Waals surface area contributed by atoms with Crippen molar-refractivity contribution in [3.63, 3.8) is 0 Å². The highest BCUT2D eigenvalue weighted by Gasteiger charge is 2.22. The monoisotopic (exact) mass is 331 g/mol. The molecule has 0 bridgehead atoms. The van der Waals surface area contributed by atoms with Crippen molar-refractivity contribution in [2.24, 2.45) is 0 Å². The molecule has 1 saturated heterocycles. The van der Waals surface area contributed by atoms with E-state index in [0.717, 1.165) is 24.5 Å². The van der Waals surface area contributed by atoms with E-state index in [1.165, 1.54) is 11.3 Å². The van der Waals surface area contributed by atoms with Crippen LogP contribution in [0.4, 0.5) is 5.82 Å². The van der Waals surface area contributed by atoms with E-state index < -0.39 is 0 Å². The van der Waals surface area contributed by atoms with Gasteiger partial charge in [-0.1, -0.05) is 6.07 Å². The van der Waals surface area contributed by atoms with E-state index in [9.17, 15) is 4.79 Å². The van der Waals surface area contributed by atoms with Gasteiger partial charge in [-0.25, -0.2) is 4.98 Å². The van der Waals surface area contributed by atoms with Gasteiger partial charge in [0.15, 0.2) is 0 Å². The maximum absolute atomic E-state index is 11.9. The lowest BCUT2D eigenvalue weighted by Crippen LogP contribution is -2.45. The number of thiophene rings is 1. The highest BCUT2D eigenvalue weighted by Crippen LogP contribution is 2.18. The molecule has 1 aliphatic rings. The van der Waals surface area contributed by atoms with Crippen LogP contribution in [0.3, 0.4) is 0 Å². The zero-order chi connectivity index (χ0) is 16.2. The van der Waals surface area contributed by atoms with Crippen molar-refractivity contribution in [2.75, 3.05) is 18.0 Å². The first kappa shape index (κ1) is 16.0. The first-order chi connectivity index (χ1) is 11.1. The van der Waals surface area contributed by atoms with Crippen LogP contribution in [0.5, 0.6) is 0 Å². The minimum atomic E-state index is -0.0499. The van der Waals surface area contributed by atoms with Crippen LogP contribution in [-0.2, 0) is 11.3 Å². The molecule has 0 spiro atoms. The van der Waals surface area contributed by atoms with Gasteiger partial charge in [-0.15, -0.1) is 0 Å². The molecular formula is C17H21N3O2S. The van der Waals surface area contributed by atoms with Crippen LogP contribution in [0.1, 0.15) is 29.8 Å². The van der Waals surface area contributed by atoms with Crippen LogP contribution in [0.2, 0.25) is 0 Å². The minimum absolute atomic E-state index is 0.0499. The molecule has 0 saturated carbocycles. The third-order valence-corrected chi connectivity index (χ3v) is 4.47. The minimum Gasteiger partial charge on any atom is -0.372 e. The highest BCUT2D eigenvalue weighted by atomic mass is 32.1. The van der Waals surface area contributed by atoms with Gasteiger partial charge in [-0.05, 0) is 36.9 Å². The van der Waals surface area contributed by atoms with E-state index in [1.54, 1.807) is 0 Å².